The summed E-state index contributed by atoms with van der Waals surface area (Å²) in [5, 5.41) is 25.0. The third kappa shape index (κ3) is 7.92. The molecule has 9 rings (SSSR count). The molecule has 2 aromatic carbocycles. The first-order chi connectivity index (χ1) is 27.2. The summed E-state index contributed by atoms with van der Waals surface area (Å²) in [7, 11) is 3.24. The Morgan fingerprint density at radius 3 is 1.80 bits per heavy atom. The lowest BCUT2D eigenvalue weighted by molar-refractivity contribution is -0.0497. The molecule has 2 N–H and O–H groups in total. The zero-order chi connectivity index (χ0) is 39.3. The molecule has 7 heterocycles. The zero-order valence-electron chi connectivity index (χ0n) is 31.7. The molecule has 0 amide bonds. The van der Waals surface area contributed by atoms with Crippen molar-refractivity contribution in [3.8, 4) is 34.3 Å². The van der Waals surface area contributed by atoms with Gasteiger partial charge in [-0.05, 0) is 60.9 Å². The quantitative estimate of drug-likeness (QED) is 0.247. The van der Waals surface area contributed by atoms with Gasteiger partial charge in [-0.25, -0.2) is 9.36 Å². The maximum atomic E-state index is 12.6. The SMILES string of the molecule is CC.Cn1nc(-c2n[nH]c3cc4c(cc23)OCCC4)cc(N2CCOCC2)c1=O.Cn1nc(-c2n[nH]c3ccc(OC(F)F)cc23)cc(N2CCOCC2)c1=O. The Bertz CT molecular complexity index is 2430. The summed E-state index contributed by atoms with van der Waals surface area (Å²) in [6.45, 7) is 6.75. The van der Waals surface area contributed by atoms with Crippen LogP contribution in [0.15, 0.2) is 52.1 Å². The molecule has 0 unspecified atom stereocenters. The second-order valence-corrected chi connectivity index (χ2v) is 13.1. The van der Waals surface area contributed by atoms with Gasteiger partial charge in [0.1, 0.15) is 45.6 Å². The van der Waals surface area contributed by atoms with Crippen LogP contribution >= 0.6 is 0 Å². The highest BCUT2D eigenvalue weighted by atomic mass is 19.3. The fraction of sp³-hybridized carbons (Fsp3) is 0.421. The number of aromatic amines is 2. The second-order valence-electron chi connectivity index (χ2n) is 13.1. The van der Waals surface area contributed by atoms with Crippen molar-refractivity contribution in [3.05, 3.63) is 68.7 Å². The molecule has 0 aliphatic carbocycles. The minimum absolute atomic E-state index is 0.0263. The molecule has 4 aromatic heterocycles. The van der Waals surface area contributed by atoms with Crippen LogP contribution in [0.3, 0.4) is 0 Å². The largest absolute Gasteiger partial charge is 0.493 e. The Morgan fingerprint density at radius 1 is 0.714 bits per heavy atom. The van der Waals surface area contributed by atoms with Gasteiger partial charge in [-0.15, -0.1) is 0 Å². The molecule has 3 aliphatic heterocycles. The fourth-order valence-corrected chi connectivity index (χ4v) is 6.90. The second kappa shape index (κ2) is 16.9. The minimum atomic E-state index is -2.92. The number of hydrogen-bond acceptors (Lipinski definition) is 12. The van der Waals surface area contributed by atoms with E-state index in [9.17, 15) is 18.4 Å². The minimum Gasteiger partial charge on any atom is -0.493 e. The molecule has 18 heteroatoms. The molecule has 296 valence electrons. The molecule has 56 heavy (non-hydrogen) atoms. The van der Waals surface area contributed by atoms with Gasteiger partial charge < -0.3 is 28.7 Å². The molecule has 0 bridgehead atoms. The molecular weight excluding hydrogens is 730 g/mol. The zero-order valence-corrected chi connectivity index (χ0v) is 31.7. The Kier molecular flexibility index (Phi) is 11.6. The Morgan fingerprint density at radius 2 is 1.25 bits per heavy atom. The summed E-state index contributed by atoms with van der Waals surface area (Å²) >= 11 is 0. The van der Waals surface area contributed by atoms with Crippen LogP contribution in [0.25, 0.3) is 44.6 Å². The first-order valence-electron chi connectivity index (χ1n) is 18.6. The molecular formula is C38H44F2N10O6. The number of halogens is 2. The highest BCUT2D eigenvalue weighted by Gasteiger charge is 2.22. The highest BCUT2D eigenvalue weighted by Crippen LogP contribution is 2.34. The van der Waals surface area contributed by atoms with Crippen LogP contribution in [0.4, 0.5) is 20.2 Å². The summed E-state index contributed by atoms with van der Waals surface area (Å²) < 4.78 is 48.7. The van der Waals surface area contributed by atoms with Gasteiger partial charge in [0.2, 0.25) is 0 Å². The average molecular weight is 775 g/mol. The standard InChI is InChI=1S/C19H21N5O3.C17H17F2N5O3.C2H6/c1-23-19(25)16(24-4-7-26-8-5-24)11-15(22-23)18-13-10-17-12(3-2-6-27-17)9-14(13)20-21-18;1-23-16(25)14(24-4-6-26-7-5-24)9-13(22-23)15-11-8-10(27-17(18)19)2-3-12(11)20-21-15;1-2/h9-11H,2-8H2,1H3,(H,20,21);2-3,8-9,17H,4-7H2,1H3,(H,20,21);1-2H3. The predicted octanol–water partition coefficient (Wildman–Crippen LogP) is 4.27. The molecule has 16 nitrogen and oxygen atoms in total. The molecule has 0 atom stereocenters. The van der Waals surface area contributed by atoms with Gasteiger partial charge >= 0.3 is 6.61 Å². The normalized spacial score (nSPS) is 15.5. The van der Waals surface area contributed by atoms with Gasteiger partial charge in [0, 0.05) is 51.0 Å². The molecule has 0 saturated carbocycles. The molecule has 3 aliphatic rings. The lowest BCUT2D eigenvalue weighted by atomic mass is 10.0. The number of H-pyrrole nitrogens is 2. The number of aromatic nitrogens is 8. The number of aryl methyl sites for hydroxylation is 3. The van der Waals surface area contributed by atoms with Crippen LogP contribution in [0.1, 0.15) is 25.8 Å². The molecule has 0 radical (unpaired) electrons. The lowest BCUT2D eigenvalue weighted by Gasteiger charge is -2.28. The number of benzene rings is 2. The van der Waals surface area contributed by atoms with E-state index in [2.05, 4.69) is 46.3 Å². The van der Waals surface area contributed by atoms with Crippen molar-refractivity contribution in [2.75, 3.05) is 69.0 Å². The van der Waals surface area contributed by atoms with Gasteiger partial charge in [-0.2, -0.15) is 29.2 Å². The molecule has 2 fully saturated rings. The number of nitrogens with zero attached hydrogens (tertiary/aromatic N) is 8. The third-order valence-electron chi connectivity index (χ3n) is 9.63. The topological polar surface area (TPSA) is 171 Å². The van der Waals surface area contributed by atoms with Gasteiger partial charge in [0.25, 0.3) is 11.1 Å². The van der Waals surface area contributed by atoms with Crippen molar-refractivity contribution in [2.24, 2.45) is 14.1 Å². The van der Waals surface area contributed by atoms with Crippen molar-refractivity contribution >= 4 is 33.2 Å². The van der Waals surface area contributed by atoms with E-state index in [0.717, 1.165) is 41.8 Å². The molecule has 0 spiro atoms. The fourth-order valence-electron chi connectivity index (χ4n) is 6.90. The Labute approximate surface area is 319 Å². The van der Waals surface area contributed by atoms with Gasteiger partial charge in [-0.3, -0.25) is 19.8 Å². The number of anilines is 2. The van der Waals surface area contributed by atoms with Crippen molar-refractivity contribution in [3.63, 3.8) is 0 Å². The predicted molar refractivity (Wildman–Crippen MR) is 207 cm³/mol. The van der Waals surface area contributed by atoms with E-state index in [-0.39, 0.29) is 16.9 Å². The van der Waals surface area contributed by atoms with Crippen molar-refractivity contribution in [1.82, 2.24) is 40.0 Å². The number of nitrogens with one attached hydrogen (secondary N) is 2. The van der Waals surface area contributed by atoms with E-state index in [1.54, 1.807) is 26.2 Å². The summed E-state index contributed by atoms with van der Waals surface area (Å²) in [5.41, 5.74) is 5.92. The van der Waals surface area contributed by atoms with Gasteiger partial charge in [0.15, 0.2) is 0 Å². The van der Waals surface area contributed by atoms with Crippen LogP contribution in [0.2, 0.25) is 0 Å². The maximum Gasteiger partial charge on any atom is 0.387 e. The van der Waals surface area contributed by atoms with E-state index in [1.807, 2.05) is 30.9 Å². The molecule has 6 aromatic rings. The summed E-state index contributed by atoms with van der Waals surface area (Å²) in [4.78, 5) is 29.1. The van der Waals surface area contributed by atoms with Crippen molar-refractivity contribution in [1.29, 1.82) is 0 Å². The lowest BCUT2D eigenvalue weighted by Crippen LogP contribution is -2.40. The van der Waals surface area contributed by atoms with Crippen molar-refractivity contribution < 1.29 is 27.7 Å². The molecule has 2 saturated heterocycles. The highest BCUT2D eigenvalue weighted by molar-refractivity contribution is 5.94. The van der Waals surface area contributed by atoms with E-state index in [1.165, 1.54) is 27.1 Å². The monoisotopic (exact) mass is 774 g/mol. The van der Waals surface area contributed by atoms with E-state index in [0.29, 0.717) is 92.0 Å². The number of morpholine rings is 2. The van der Waals surface area contributed by atoms with Crippen LogP contribution < -0.4 is 30.4 Å². The van der Waals surface area contributed by atoms with Crippen LogP contribution in [-0.4, -0.2) is 106 Å². The van der Waals surface area contributed by atoms with Crippen molar-refractivity contribution in [2.45, 2.75) is 33.3 Å². The number of fused-ring (bicyclic) bond motifs is 3. The summed E-state index contributed by atoms with van der Waals surface area (Å²) in [6, 6.07) is 12.2. The third-order valence-corrected chi connectivity index (χ3v) is 9.63. The van der Waals surface area contributed by atoms with E-state index >= 15 is 0 Å². The first-order valence-corrected chi connectivity index (χ1v) is 18.6. The van der Waals surface area contributed by atoms with Crippen LogP contribution in [0, 0.1) is 0 Å². The Balaban J connectivity index is 0.000000164. The summed E-state index contributed by atoms with van der Waals surface area (Å²) in [5.74, 6) is 0.938. The average Bonchev–Trinajstić information content (AvgIpc) is 3.84. The number of ether oxygens (including phenoxy) is 4. The number of alkyl halides is 2. The Hall–Kier alpha value is -5.88. The van der Waals surface area contributed by atoms with Crippen LogP contribution in [-0.2, 0) is 30.0 Å². The number of rotatable bonds is 6. The van der Waals surface area contributed by atoms with E-state index in [4.69, 9.17) is 14.2 Å². The van der Waals surface area contributed by atoms with E-state index < -0.39 is 6.61 Å². The summed E-state index contributed by atoms with van der Waals surface area (Å²) in [6.07, 6.45) is 2.05. The van der Waals surface area contributed by atoms with Crippen LogP contribution in [0.5, 0.6) is 11.5 Å². The van der Waals surface area contributed by atoms with Gasteiger partial charge in [0.05, 0.1) is 44.1 Å². The first kappa shape index (κ1) is 38.4. The van der Waals surface area contributed by atoms with Gasteiger partial charge in [-0.1, -0.05) is 13.8 Å². The smallest absolute Gasteiger partial charge is 0.387 e. The number of hydrogen-bond donors (Lipinski definition) is 2. The maximum absolute atomic E-state index is 12.6.